The van der Waals surface area contributed by atoms with Gasteiger partial charge in [0.2, 0.25) is 0 Å². The topological polar surface area (TPSA) is 37.9 Å². The third-order valence-electron chi connectivity index (χ3n) is 1.74. The average molecular weight is 174 g/mol. The fourth-order valence-corrected chi connectivity index (χ4v) is 1.15. The van der Waals surface area contributed by atoms with Gasteiger partial charge in [-0.2, -0.15) is 0 Å². The van der Waals surface area contributed by atoms with Crippen molar-refractivity contribution in [2.45, 2.75) is 0 Å². The van der Waals surface area contributed by atoms with Gasteiger partial charge in [0.15, 0.2) is 0 Å². The van der Waals surface area contributed by atoms with Crippen LogP contribution in [0.2, 0.25) is 0 Å². The molecular weight excluding hydrogens is 164 g/mol. The van der Waals surface area contributed by atoms with Crippen LogP contribution in [0.4, 0.5) is 0 Å². The van der Waals surface area contributed by atoms with E-state index in [9.17, 15) is 0 Å². The molecule has 0 aliphatic rings. The van der Waals surface area contributed by atoms with Crippen molar-refractivity contribution >= 4 is 11.0 Å². The van der Waals surface area contributed by atoms with Crippen LogP contribution in [0.25, 0.3) is 11.0 Å². The Bertz CT molecular complexity index is 420. The Morgan fingerprint density at radius 3 is 3.38 bits per heavy atom. The van der Waals surface area contributed by atoms with Crippen LogP contribution in [0.1, 0.15) is 0 Å². The summed E-state index contributed by atoms with van der Waals surface area (Å²) in [7, 11) is 0. The van der Waals surface area contributed by atoms with E-state index in [0.717, 1.165) is 16.8 Å². The second kappa shape index (κ2) is 3.31. The van der Waals surface area contributed by atoms with Gasteiger partial charge in [0.1, 0.15) is 18.0 Å². The second-order valence-corrected chi connectivity index (χ2v) is 2.69. The normalized spacial score (nSPS) is 10.2. The molecule has 0 bridgehead atoms. The number of nitrogens with zero attached hydrogens (tertiary/aromatic N) is 1. The van der Waals surface area contributed by atoms with E-state index in [1.165, 1.54) is 0 Å². The molecule has 0 saturated carbocycles. The Morgan fingerprint density at radius 1 is 1.62 bits per heavy atom. The summed E-state index contributed by atoms with van der Waals surface area (Å²) in [6.07, 6.45) is 5.26. The van der Waals surface area contributed by atoms with Gasteiger partial charge in [0, 0.05) is 11.6 Å². The van der Waals surface area contributed by atoms with Gasteiger partial charge in [0.25, 0.3) is 0 Å². The van der Waals surface area contributed by atoms with Crippen molar-refractivity contribution in [3.8, 4) is 5.75 Å². The van der Waals surface area contributed by atoms with E-state index < -0.39 is 0 Å². The molecule has 2 rings (SSSR count). The summed E-state index contributed by atoms with van der Waals surface area (Å²) in [6.45, 7) is 4.09. The van der Waals surface area contributed by atoms with E-state index in [-0.39, 0.29) is 0 Å². The molecule has 2 aromatic heterocycles. The quantitative estimate of drug-likeness (QED) is 0.724. The average Bonchev–Trinajstić information content (AvgIpc) is 2.61. The highest BCUT2D eigenvalue weighted by atomic mass is 16.5. The summed E-state index contributed by atoms with van der Waals surface area (Å²) in [5, 5.41) is 1.06. The predicted octanol–water partition coefficient (Wildman–Crippen LogP) is 2.13. The van der Waals surface area contributed by atoms with Crippen LogP contribution < -0.4 is 4.74 Å². The standard InChI is InChI=1S/C10H10N2O/c1-2-5-13-9-6-8-3-4-11-10(8)12-7-9/h2-4,6-7H,1,5H2,(H,11,12). The monoisotopic (exact) mass is 174 g/mol. The third-order valence-corrected chi connectivity index (χ3v) is 1.74. The van der Waals surface area contributed by atoms with Gasteiger partial charge in [-0.05, 0) is 12.1 Å². The van der Waals surface area contributed by atoms with E-state index in [0.29, 0.717) is 6.61 Å². The molecule has 2 aromatic rings. The lowest BCUT2D eigenvalue weighted by atomic mass is 10.3. The second-order valence-electron chi connectivity index (χ2n) is 2.69. The number of nitrogens with one attached hydrogen (secondary N) is 1. The molecule has 66 valence electrons. The highest BCUT2D eigenvalue weighted by molar-refractivity contribution is 5.76. The Kier molecular flexibility index (Phi) is 2.00. The van der Waals surface area contributed by atoms with Crippen LogP contribution >= 0.6 is 0 Å². The van der Waals surface area contributed by atoms with Crippen molar-refractivity contribution in [2.24, 2.45) is 0 Å². The van der Waals surface area contributed by atoms with Gasteiger partial charge < -0.3 is 9.72 Å². The number of aromatic nitrogens is 2. The predicted molar refractivity (Wildman–Crippen MR) is 51.8 cm³/mol. The number of hydrogen-bond acceptors (Lipinski definition) is 2. The lowest BCUT2D eigenvalue weighted by Crippen LogP contribution is -1.92. The van der Waals surface area contributed by atoms with E-state index in [1.807, 2.05) is 18.3 Å². The van der Waals surface area contributed by atoms with Crippen LogP contribution in [0.15, 0.2) is 37.2 Å². The Balaban J connectivity index is 2.31. The fraction of sp³-hybridized carbons (Fsp3) is 0.100. The van der Waals surface area contributed by atoms with Crippen molar-refractivity contribution in [3.63, 3.8) is 0 Å². The van der Waals surface area contributed by atoms with Gasteiger partial charge in [0.05, 0.1) is 6.20 Å². The lowest BCUT2D eigenvalue weighted by Gasteiger charge is -2.01. The van der Waals surface area contributed by atoms with E-state index in [1.54, 1.807) is 12.3 Å². The minimum absolute atomic E-state index is 0.512. The highest BCUT2D eigenvalue weighted by Gasteiger charge is 1.97. The van der Waals surface area contributed by atoms with Gasteiger partial charge in [-0.1, -0.05) is 12.7 Å². The number of rotatable bonds is 3. The van der Waals surface area contributed by atoms with Crippen LogP contribution in [0.5, 0.6) is 5.75 Å². The number of ether oxygens (including phenoxy) is 1. The third kappa shape index (κ3) is 1.54. The van der Waals surface area contributed by atoms with Crippen LogP contribution in [0.3, 0.4) is 0 Å². The zero-order valence-corrected chi connectivity index (χ0v) is 7.16. The van der Waals surface area contributed by atoms with Gasteiger partial charge in [-0.15, -0.1) is 0 Å². The maximum atomic E-state index is 5.34. The minimum Gasteiger partial charge on any atom is -0.488 e. The first-order valence-electron chi connectivity index (χ1n) is 4.07. The molecule has 0 amide bonds. The first-order chi connectivity index (χ1) is 6.40. The summed E-state index contributed by atoms with van der Waals surface area (Å²) in [4.78, 5) is 7.20. The zero-order valence-electron chi connectivity index (χ0n) is 7.16. The van der Waals surface area contributed by atoms with Crippen molar-refractivity contribution in [1.29, 1.82) is 0 Å². The molecule has 0 aromatic carbocycles. The summed E-state index contributed by atoms with van der Waals surface area (Å²) >= 11 is 0. The van der Waals surface area contributed by atoms with Gasteiger partial charge >= 0.3 is 0 Å². The van der Waals surface area contributed by atoms with E-state index in [4.69, 9.17) is 4.74 Å². The maximum Gasteiger partial charge on any atom is 0.138 e. The van der Waals surface area contributed by atoms with Gasteiger partial charge in [-0.3, -0.25) is 0 Å². The van der Waals surface area contributed by atoms with Crippen LogP contribution in [-0.2, 0) is 0 Å². The van der Waals surface area contributed by atoms with Crippen molar-refractivity contribution < 1.29 is 4.74 Å². The fourth-order valence-electron chi connectivity index (χ4n) is 1.15. The Labute approximate surface area is 76.1 Å². The summed E-state index contributed by atoms with van der Waals surface area (Å²) < 4.78 is 5.34. The van der Waals surface area contributed by atoms with Crippen molar-refractivity contribution in [3.05, 3.63) is 37.2 Å². The molecule has 0 fully saturated rings. The summed E-state index contributed by atoms with van der Waals surface area (Å²) in [5.74, 6) is 0.770. The molecule has 0 aliphatic carbocycles. The summed E-state index contributed by atoms with van der Waals surface area (Å²) in [6, 6.07) is 3.91. The molecule has 1 N–H and O–H groups in total. The molecule has 2 heterocycles. The zero-order chi connectivity index (χ0) is 9.10. The molecule has 13 heavy (non-hydrogen) atoms. The number of aromatic amines is 1. The molecule has 0 atom stereocenters. The Morgan fingerprint density at radius 2 is 2.54 bits per heavy atom. The van der Waals surface area contributed by atoms with Crippen LogP contribution in [-0.4, -0.2) is 16.6 Å². The smallest absolute Gasteiger partial charge is 0.138 e. The molecule has 3 nitrogen and oxygen atoms in total. The SMILES string of the molecule is C=CCOc1cnc2[nH]ccc2c1. The molecule has 0 radical (unpaired) electrons. The summed E-state index contributed by atoms with van der Waals surface area (Å²) in [5.41, 5.74) is 0.881. The molecular formula is C10H10N2O. The lowest BCUT2D eigenvalue weighted by molar-refractivity contribution is 0.362. The molecule has 0 aliphatic heterocycles. The molecule has 0 spiro atoms. The van der Waals surface area contributed by atoms with Gasteiger partial charge in [-0.25, -0.2) is 4.98 Å². The number of fused-ring (bicyclic) bond motifs is 1. The van der Waals surface area contributed by atoms with Crippen molar-refractivity contribution in [2.75, 3.05) is 6.61 Å². The first-order valence-corrected chi connectivity index (χ1v) is 4.07. The largest absolute Gasteiger partial charge is 0.488 e. The molecule has 0 saturated heterocycles. The maximum absolute atomic E-state index is 5.34. The number of pyridine rings is 1. The van der Waals surface area contributed by atoms with E-state index in [2.05, 4.69) is 16.5 Å². The van der Waals surface area contributed by atoms with Crippen LogP contribution in [0, 0.1) is 0 Å². The minimum atomic E-state index is 0.512. The molecule has 0 unspecified atom stereocenters. The Hall–Kier alpha value is -1.77. The van der Waals surface area contributed by atoms with Crippen molar-refractivity contribution in [1.82, 2.24) is 9.97 Å². The number of H-pyrrole nitrogens is 1. The first kappa shape index (κ1) is 7.86. The van der Waals surface area contributed by atoms with E-state index >= 15 is 0 Å². The molecule has 3 heteroatoms. The number of hydrogen-bond donors (Lipinski definition) is 1. The highest BCUT2D eigenvalue weighted by Crippen LogP contribution is 2.16.